The lowest BCUT2D eigenvalue weighted by Crippen LogP contribution is -2.40. The third-order valence-electron chi connectivity index (χ3n) is 3.13. The first kappa shape index (κ1) is 14.4. The van der Waals surface area contributed by atoms with Gasteiger partial charge >= 0.3 is 5.97 Å². The van der Waals surface area contributed by atoms with Crippen LogP contribution in [0.1, 0.15) is 29.5 Å². The van der Waals surface area contributed by atoms with Crippen molar-refractivity contribution in [2.45, 2.75) is 26.3 Å². The van der Waals surface area contributed by atoms with Gasteiger partial charge in [-0.05, 0) is 19.4 Å². The zero-order valence-electron chi connectivity index (χ0n) is 11.1. The van der Waals surface area contributed by atoms with Crippen LogP contribution < -0.4 is 5.32 Å². The number of carbonyl (C=O) groups excluding carboxylic acids is 1. The Morgan fingerprint density at radius 2 is 2.15 bits per heavy atom. The van der Waals surface area contributed by atoms with Crippen molar-refractivity contribution in [1.29, 1.82) is 0 Å². The Morgan fingerprint density at radius 3 is 2.70 bits per heavy atom. The minimum atomic E-state index is -1.08. The number of aliphatic carboxylic acids is 1. The lowest BCUT2D eigenvalue weighted by atomic mass is 10.1. The van der Waals surface area contributed by atoms with E-state index in [9.17, 15) is 9.59 Å². The van der Waals surface area contributed by atoms with Crippen LogP contribution in [-0.4, -0.2) is 23.0 Å². The normalized spacial score (nSPS) is 12.3. The van der Waals surface area contributed by atoms with Gasteiger partial charge in [-0.1, -0.05) is 30.7 Å². The third-order valence-corrected chi connectivity index (χ3v) is 3.43. The molecule has 2 aromatic rings. The Balaban J connectivity index is 2.38. The van der Waals surface area contributed by atoms with E-state index in [0.717, 1.165) is 5.39 Å². The summed E-state index contributed by atoms with van der Waals surface area (Å²) in [4.78, 5) is 23.1. The molecule has 0 saturated heterocycles. The molecule has 1 aromatic carbocycles. The van der Waals surface area contributed by atoms with Crippen LogP contribution in [-0.2, 0) is 4.79 Å². The molecule has 106 valence electrons. The van der Waals surface area contributed by atoms with Crippen LogP contribution in [0.25, 0.3) is 11.0 Å². The van der Waals surface area contributed by atoms with Crippen LogP contribution in [0.2, 0.25) is 5.02 Å². The zero-order chi connectivity index (χ0) is 14.9. The van der Waals surface area contributed by atoms with Crippen molar-refractivity contribution < 1.29 is 19.1 Å². The van der Waals surface area contributed by atoms with Gasteiger partial charge in [-0.3, -0.25) is 4.79 Å². The van der Waals surface area contributed by atoms with Gasteiger partial charge < -0.3 is 14.8 Å². The Hall–Kier alpha value is -2.01. The van der Waals surface area contributed by atoms with E-state index in [2.05, 4.69) is 5.32 Å². The summed E-state index contributed by atoms with van der Waals surface area (Å²) in [6.07, 6.45) is 0.293. The molecule has 0 fully saturated rings. The van der Waals surface area contributed by atoms with Crippen molar-refractivity contribution in [3.05, 3.63) is 34.5 Å². The number of carboxylic acid groups (broad SMARTS) is 1. The number of aryl methyl sites for hydroxylation is 1. The van der Waals surface area contributed by atoms with Crippen LogP contribution in [0.4, 0.5) is 0 Å². The van der Waals surface area contributed by atoms with Crippen molar-refractivity contribution in [1.82, 2.24) is 5.32 Å². The van der Waals surface area contributed by atoms with Crippen LogP contribution in [0.15, 0.2) is 22.6 Å². The second-order valence-corrected chi connectivity index (χ2v) is 4.85. The zero-order valence-corrected chi connectivity index (χ0v) is 11.8. The van der Waals surface area contributed by atoms with E-state index in [0.29, 0.717) is 22.6 Å². The number of para-hydroxylation sites is 1. The topological polar surface area (TPSA) is 79.5 Å². The first-order chi connectivity index (χ1) is 9.45. The lowest BCUT2D eigenvalue weighted by molar-refractivity contribution is -0.139. The van der Waals surface area contributed by atoms with Gasteiger partial charge in [0.2, 0.25) is 0 Å². The van der Waals surface area contributed by atoms with E-state index in [1.54, 1.807) is 32.0 Å². The number of carboxylic acids is 1. The second-order valence-electron chi connectivity index (χ2n) is 4.45. The third kappa shape index (κ3) is 2.49. The van der Waals surface area contributed by atoms with E-state index in [1.807, 2.05) is 0 Å². The minimum Gasteiger partial charge on any atom is -0.480 e. The molecular weight excluding hydrogens is 282 g/mol. The van der Waals surface area contributed by atoms with Crippen LogP contribution >= 0.6 is 11.6 Å². The molecule has 0 aliphatic rings. The van der Waals surface area contributed by atoms with E-state index >= 15 is 0 Å². The van der Waals surface area contributed by atoms with Gasteiger partial charge in [0.05, 0.1) is 5.02 Å². The molecule has 1 amide bonds. The predicted molar refractivity (Wildman–Crippen MR) is 75.1 cm³/mol. The maximum atomic E-state index is 12.1. The summed E-state index contributed by atoms with van der Waals surface area (Å²) in [5.41, 5.74) is 1.07. The van der Waals surface area contributed by atoms with Crippen LogP contribution in [0.5, 0.6) is 0 Å². The average molecular weight is 296 g/mol. The van der Waals surface area contributed by atoms with E-state index in [-0.39, 0.29) is 5.76 Å². The van der Waals surface area contributed by atoms with E-state index < -0.39 is 17.9 Å². The lowest BCUT2D eigenvalue weighted by Gasteiger charge is -2.10. The van der Waals surface area contributed by atoms with E-state index in [1.165, 1.54) is 0 Å². The van der Waals surface area contributed by atoms with Gasteiger partial charge in [0.15, 0.2) is 11.3 Å². The molecule has 2 N–H and O–H groups in total. The minimum absolute atomic E-state index is 0.0906. The molecule has 0 saturated carbocycles. The highest BCUT2D eigenvalue weighted by atomic mass is 35.5. The molecule has 1 heterocycles. The van der Waals surface area contributed by atoms with Crippen molar-refractivity contribution in [3.8, 4) is 0 Å². The smallest absolute Gasteiger partial charge is 0.326 e. The fraction of sp³-hybridized carbons (Fsp3) is 0.286. The molecule has 2 rings (SSSR count). The number of furan rings is 1. The summed E-state index contributed by atoms with van der Waals surface area (Å²) in [7, 11) is 0. The Labute approximate surface area is 120 Å². The number of fused-ring (bicyclic) bond motifs is 1. The molecule has 1 atom stereocenters. The van der Waals surface area contributed by atoms with Gasteiger partial charge in [-0.2, -0.15) is 0 Å². The van der Waals surface area contributed by atoms with Crippen molar-refractivity contribution in [3.63, 3.8) is 0 Å². The number of benzene rings is 1. The monoisotopic (exact) mass is 295 g/mol. The summed E-state index contributed by atoms with van der Waals surface area (Å²) >= 11 is 6.01. The molecule has 0 aliphatic carbocycles. The van der Waals surface area contributed by atoms with Crippen molar-refractivity contribution in [2.75, 3.05) is 0 Å². The number of carbonyl (C=O) groups is 2. The Kier molecular flexibility index (Phi) is 3.99. The summed E-state index contributed by atoms with van der Waals surface area (Å²) in [6, 6.07) is 4.29. The highest BCUT2D eigenvalue weighted by Crippen LogP contribution is 2.30. The fourth-order valence-electron chi connectivity index (χ4n) is 1.99. The Bertz CT molecular complexity index is 677. The molecule has 1 unspecified atom stereocenters. The Morgan fingerprint density at radius 1 is 1.45 bits per heavy atom. The standard InChI is InChI=1S/C14H14ClNO4/c1-3-10(14(18)19)16-13(17)11-7(2)8-5-4-6-9(15)12(8)20-11/h4-6,10H,3H2,1-2H3,(H,16,17)(H,18,19). The maximum Gasteiger partial charge on any atom is 0.326 e. The van der Waals surface area contributed by atoms with E-state index in [4.69, 9.17) is 21.1 Å². The number of hydrogen-bond donors (Lipinski definition) is 2. The van der Waals surface area contributed by atoms with Crippen molar-refractivity contribution in [2.24, 2.45) is 0 Å². The molecule has 5 nitrogen and oxygen atoms in total. The molecule has 20 heavy (non-hydrogen) atoms. The van der Waals surface area contributed by atoms with Gasteiger partial charge in [-0.25, -0.2) is 4.79 Å². The number of nitrogens with one attached hydrogen (secondary N) is 1. The number of rotatable bonds is 4. The number of amides is 1. The average Bonchev–Trinajstić information content (AvgIpc) is 2.75. The highest BCUT2D eigenvalue weighted by molar-refractivity contribution is 6.35. The molecule has 0 aliphatic heterocycles. The summed E-state index contributed by atoms with van der Waals surface area (Å²) in [5.74, 6) is -1.54. The fourth-order valence-corrected chi connectivity index (χ4v) is 2.20. The predicted octanol–water partition coefficient (Wildman–Crippen LogP) is 2.99. The van der Waals surface area contributed by atoms with Crippen molar-refractivity contribution >= 4 is 34.4 Å². The molecule has 1 aromatic heterocycles. The second kappa shape index (κ2) is 5.54. The quantitative estimate of drug-likeness (QED) is 0.909. The molecular formula is C14H14ClNO4. The number of halogens is 1. The first-order valence-corrected chi connectivity index (χ1v) is 6.54. The summed E-state index contributed by atoms with van der Waals surface area (Å²) < 4.78 is 5.48. The molecule has 0 spiro atoms. The maximum absolute atomic E-state index is 12.1. The number of hydrogen-bond acceptors (Lipinski definition) is 3. The van der Waals surface area contributed by atoms with Gasteiger partial charge in [0.25, 0.3) is 5.91 Å². The molecule has 0 bridgehead atoms. The first-order valence-electron chi connectivity index (χ1n) is 6.17. The summed E-state index contributed by atoms with van der Waals surface area (Å²) in [5, 5.41) is 12.5. The van der Waals surface area contributed by atoms with Crippen LogP contribution in [0.3, 0.4) is 0 Å². The largest absolute Gasteiger partial charge is 0.480 e. The van der Waals surface area contributed by atoms with Gasteiger partial charge in [0, 0.05) is 10.9 Å². The summed E-state index contributed by atoms with van der Waals surface area (Å²) in [6.45, 7) is 3.42. The molecule has 0 radical (unpaired) electrons. The van der Waals surface area contributed by atoms with Gasteiger partial charge in [-0.15, -0.1) is 0 Å². The molecule has 6 heteroatoms. The van der Waals surface area contributed by atoms with Crippen LogP contribution in [0, 0.1) is 6.92 Å². The van der Waals surface area contributed by atoms with Gasteiger partial charge in [0.1, 0.15) is 6.04 Å². The highest BCUT2D eigenvalue weighted by Gasteiger charge is 2.23. The SMILES string of the molecule is CCC(NC(=O)c1oc2c(Cl)cccc2c1C)C(=O)O.